The highest BCUT2D eigenvalue weighted by atomic mass is 16.5. The molecular formula is C17H20N4O2. The monoisotopic (exact) mass is 312 g/mol. The molecule has 23 heavy (non-hydrogen) atoms. The summed E-state index contributed by atoms with van der Waals surface area (Å²) in [5, 5.41) is 2.97. The molecule has 1 unspecified atom stereocenters. The lowest BCUT2D eigenvalue weighted by Gasteiger charge is -2.25. The summed E-state index contributed by atoms with van der Waals surface area (Å²) in [4.78, 5) is 22.6. The van der Waals surface area contributed by atoms with E-state index in [0.29, 0.717) is 12.4 Å². The summed E-state index contributed by atoms with van der Waals surface area (Å²) in [7, 11) is 1.58. The molecule has 1 N–H and O–H groups in total. The molecule has 1 saturated heterocycles. The zero-order chi connectivity index (χ0) is 16.1. The molecule has 1 atom stereocenters. The maximum atomic E-state index is 12.5. The van der Waals surface area contributed by atoms with Gasteiger partial charge < -0.3 is 15.0 Å². The number of hydrogen-bond acceptors (Lipinski definition) is 4. The largest absolute Gasteiger partial charge is 0.481 e. The van der Waals surface area contributed by atoms with E-state index in [2.05, 4.69) is 15.3 Å². The molecule has 0 aromatic carbocycles. The number of hydrogen-bond donors (Lipinski definition) is 1. The highest BCUT2D eigenvalue weighted by Crippen LogP contribution is 2.31. The zero-order valence-electron chi connectivity index (χ0n) is 13.1. The summed E-state index contributed by atoms with van der Waals surface area (Å²) in [6.07, 6.45) is 7.20. The van der Waals surface area contributed by atoms with Crippen LogP contribution in [0.5, 0.6) is 5.88 Å². The summed E-state index contributed by atoms with van der Waals surface area (Å²) in [6.45, 7) is 1.17. The quantitative estimate of drug-likeness (QED) is 0.942. The number of pyridine rings is 2. The van der Waals surface area contributed by atoms with E-state index < -0.39 is 0 Å². The van der Waals surface area contributed by atoms with Crippen LogP contribution in [0.15, 0.2) is 42.9 Å². The van der Waals surface area contributed by atoms with Gasteiger partial charge in [0.05, 0.1) is 13.2 Å². The lowest BCUT2D eigenvalue weighted by molar-refractivity contribution is 0.192. The van der Waals surface area contributed by atoms with E-state index >= 15 is 0 Å². The van der Waals surface area contributed by atoms with Crippen molar-refractivity contribution in [1.82, 2.24) is 20.2 Å². The first-order valence-electron chi connectivity index (χ1n) is 7.72. The predicted molar refractivity (Wildman–Crippen MR) is 85.9 cm³/mol. The molecule has 6 heteroatoms. The fourth-order valence-electron chi connectivity index (χ4n) is 2.96. The third-order valence-corrected chi connectivity index (χ3v) is 4.08. The number of carbonyl (C=O) groups is 1. The van der Waals surface area contributed by atoms with Crippen LogP contribution in [0.25, 0.3) is 0 Å². The molecule has 3 rings (SSSR count). The van der Waals surface area contributed by atoms with Gasteiger partial charge in [-0.1, -0.05) is 6.07 Å². The van der Waals surface area contributed by atoms with Gasteiger partial charge in [-0.25, -0.2) is 9.78 Å². The third kappa shape index (κ3) is 3.41. The first-order valence-corrected chi connectivity index (χ1v) is 7.72. The van der Waals surface area contributed by atoms with Crippen LogP contribution >= 0.6 is 0 Å². The Morgan fingerprint density at radius 1 is 1.35 bits per heavy atom. The minimum atomic E-state index is -0.0600. The minimum absolute atomic E-state index is 0.0600. The summed E-state index contributed by atoms with van der Waals surface area (Å²) in [5.41, 5.74) is 2.00. The maximum absolute atomic E-state index is 12.5. The molecule has 1 aliphatic heterocycles. The summed E-state index contributed by atoms with van der Waals surface area (Å²) in [5.74, 6) is 0.542. The van der Waals surface area contributed by atoms with Gasteiger partial charge in [-0.2, -0.15) is 0 Å². The van der Waals surface area contributed by atoms with Crippen molar-refractivity contribution < 1.29 is 9.53 Å². The van der Waals surface area contributed by atoms with E-state index in [1.807, 2.05) is 29.2 Å². The smallest absolute Gasteiger partial charge is 0.318 e. The molecule has 2 amide bonds. The number of amides is 2. The van der Waals surface area contributed by atoms with Crippen molar-refractivity contribution in [3.63, 3.8) is 0 Å². The number of aromatic nitrogens is 2. The van der Waals surface area contributed by atoms with Crippen LogP contribution in [0, 0.1) is 0 Å². The molecule has 0 saturated carbocycles. The van der Waals surface area contributed by atoms with Gasteiger partial charge in [-0.05, 0) is 36.6 Å². The summed E-state index contributed by atoms with van der Waals surface area (Å²) >= 11 is 0. The van der Waals surface area contributed by atoms with Crippen LogP contribution in [0.1, 0.15) is 30.0 Å². The second kappa shape index (κ2) is 7.09. The predicted octanol–water partition coefficient (Wildman–Crippen LogP) is 2.53. The topological polar surface area (TPSA) is 67.3 Å². The summed E-state index contributed by atoms with van der Waals surface area (Å²) in [6, 6.07) is 7.74. The molecule has 0 aliphatic carbocycles. The van der Waals surface area contributed by atoms with Crippen molar-refractivity contribution in [3.8, 4) is 5.88 Å². The molecule has 2 aromatic rings. The number of urea groups is 1. The fourth-order valence-corrected chi connectivity index (χ4v) is 2.96. The van der Waals surface area contributed by atoms with Gasteiger partial charge in [-0.3, -0.25) is 4.98 Å². The van der Waals surface area contributed by atoms with Crippen molar-refractivity contribution in [1.29, 1.82) is 0 Å². The van der Waals surface area contributed by atoms with Crippen molar-refractivity contribution in [3.05, 3.63) is 54.0 Å². The van der Waals surface area contributed by atoms with Gasteiger partial charge in [0.1, 0.15) is 0 Å². The minimum Gasteiger partial charge on any atom is -0.481 e. The van der Waals surface area contributed by atoms with E-state index in [0.717, 1.165) is 30.5 Å². The van der Waals surface area contributed by atoms with Gasteiger partial charge in [0.15, 0.2) is 0 Å². The first-order chi connectivity index (χ1) is 11.3. The molecule has 3 heterocycles. The number of ether oxygens (including phenoxy) is 1. The fraction of sp³-hybridized carbons (Fsp3) is 0.353. The molecule has 2 aromatic heterocycles. The Morgan fingerprint density at radius 2 is 2.17 bits per heavy atom. The standard InChI is InChI=1S/C17H20N4O2/c1-23-16-14(4-2-8-19-16)12-20-17(22)21-11-3-5-15(21)13-6-9-18-10-7-13/h2,4,6-10,15H,3,5,11-12H2,1H3,(H,20,22). The molecule has 1 fully saturated rings. The number of nitrogens with zero attached hydrogens (tertiary/aromatic N) is 3. The molecule has 120 valence electrons. The SMILES string of the molecule is COc1ncccc1CNC(=O)N1CCCC1c1ccncc1. The molecule has 0 bridgehead atoms. The average molecular weight is 312 g/mol. The van der Waals surface area contributed by atoms with Gasteiger partial charge >= 0.3 is 6.03 Å². The molecule has 0 spiro atoms. The van der Waals surface area contributed by atoms with Crippen LogP contribution in [-0.4, -0.2) is 34.6 Å². The lowest BCUT2D eigenvalue weighted by atomic mass is 10.1. The zero-order valence-corrected chi connectivity index (χ0v) is 13.1. The number of methoxy groups -OCH3 is 1. The highest BCUT2D eigenvalue weighted by Gasteiger charge is 2.29. The number of likely N-dealkylation sites (tertiary alicyclic amines) is 1. The van der Waals surface area contributed by atoms with Crippen LogP contribution < -0.4 is 10.1 Å². The van der Waals surface area contributed by atoms with E-state index in [1.54, 1.807) is 25.7 Å². The highest BCUT2D eigenvalue weighted by molar-refractivity contribution is 5.75. The molecule has 0 radical (unpaired) electrons. The molecule has 6 nitrogen and oxygen atoms in total. The van der Waals surface area contributed by atoms with E-state index in [9.17, 15) is 4.79 Å². The second-order valence-corrected chi connectivity index (χ2v) is 5.46. The number of carbonyl (C=O) groups excluding carboxylic acids is 1. The number of rotatable bonds is 4. The van der Waals surface area contributed by atoms with Crippen molar-refractivity contribution in [2.24, 2.45) is 0 Å². The van der Waals surface area contributed by atoms with Gasteiger partial charge in [-0.15, -0.1) is 0 Å². The van der Waals surface area contributed by atoms with E-state index in [1.165, 1.54) is 0 Å². The van der Waals surface area contributed by atoms with Gasteiger partial charge in [0.25, 0.3) is 0 Å². The van der Waals surface area contributed by atoms with E-state index in [4.69, 9.17) is 4.74 Å². The van der Waals surface area contributed by atoms with Crippen molar-refractivity contribution in [2.45, 2.75) is 25.4 Å². The second-order valence-electron chi connectivity index (χ2n) is 5.46. The van der Waals surface area contributed by atoms with Crippen LogP contribution in [-0.2, 0) is 6.54 Å². The Morgan fingerprint density at radius 3 is 2.96 bits per heavy atom. The Hall–Kier alpha value is -2.63. The Labute approximate surface area is 135 Å². The Balaban J connectivity index is 1.66. The Bertz CT molecular complexity index is 663. The van der Waals surface area contributed by atoms with Crippen LogP contribution in [0.4, 0.5) is 4.79 Å². The van der Waals surface area contributed by atoms with Crippen LogP contribution in [0.3, 0.4) is 0 Å². The molecular weight excluding hydrogens is 292 g/mol. The average Bonchev–Trinajstić information content (AvgIpc) is 3.10. The summed E-state index contributed by atoms with van der Waals surface area (Å²) < 4.78 is 5.21. The molecule has 1 aliphatic rings. The van der Waals surface area contributed by atoms with E-state index in [-0.39, 0.29) is 12.1 Å². The van der Waals surface area contributed by atoms with Gasteiger partial charge in [0, 0.05) is 37.2 Å². The third-order valence-electron chi connectivity index (χ3n) is 4.08. The van der Waals surface area contributed by atoms with Crippen molar-refractivity contribution in [2.75, 3.05) is 13.7 Å². The number of nitrogens with one attached hydrogen (secondary N) is 1. The van der Waals surface area contributed by atoms with Gasteiger partial charge in [0.2, 0.25) is 5.88 Å². The lowest BCUT2D eigenvalue weighted by Crippen LogP contribution is -2.39. The Kier molecular flexibility index (Phi) is 4.71. The normalized spacial score (nSPS) is 17.1. The van der Waals surface area contributed by atoms with Crippen LogP contribution in [0.2, 0.25) is 0 Å². The first kappa shape index (κ1) is 15.3. The van der Waals surface area contributed by atoms with Crippen molar-refractivity contribution >= 4 is 6.03 Å². The maximum Gasteiger partial charge on any atom is 0.318 e.